The molecule has 1 aromatic heterocycles. The van der Waals surface area contributed by atoms with Gasteiger partial charge in [0, 0.05) is 19.6 Å². The number of para-hydroxylation sites is 1. The van der Waals surface area contributed by atoms with Crippen molar-refractivity contribution in [2.75, 3.05) is 13.7 Å². The summed E-state index contributed by atoms with van der Waals surface area (Å²) in [5.74, 6) is 0.552. The van der Waals surface area contributed by atoms with Gasteiger partial charge < -0.3 is 14.4 Å². The van der Waals surface area contributed by atoms with Gasteiger partial charge in [0.2, 0.25) is 0 Å². The standard InChI is InChI=1S/C14H16N2O3/c1-19-8-7-16-11-4-2-3-10(14(17)18)12(11)15-13(16)9-5-6-9/h2-4,9H,5-8H2,1H3,(H,17,18). The van der Waals surface area contributed by atoms with E-state index in [2.05, 4.69) is 9.55 Å². The van der Waals surface area contributed by atoms with Crippen LogP contribution in [0.4, 0.5) is 0 Å². The van der Waals surface area contributed by atoms with Gasteiger partial charge in [-0.25, -0.2) is 9.78 Å². The summed E-state index contributed by atoms with van der Waals surface area (Å²) in [5.41, 5.74) is 1.75. The Morgan fingerprint density at radius 1 is 1.53 bits per heavy atom. The summed E-state index contributed by atoms with van der Waals surface area (Å²) in [7, 11) is 1.67. The second kappa shape index (κ2) is 4.66. The number of rotatable bonds is 5. The van der Waals surface area contributed by atoms with Gasteiger partial charge in [-0.2, -0.15) is 0 Å². The molecule has 0 atom stereocenters. The Kier molecular flexibility index (Phi) is 2.98. The van der Waals surface area contributed by atoms with E-state index in [-0.39, 0.29) is 5.56 Å². The Labute approximate surface area is 110 Å². The molecule has 3 rings (SSSR count). The number of aromatic nitrogens is 2. The van der Waals surface area contributed by atoms with E-state index < -0.39 is 5.97 Å². The van der Waals surface area contributed by atoms with Crippen LogP contribution in [0.5, 0.6) is 0 Å². The zero-order valence-corrected chi connectivity index (χ0v) is 10.8. The van der Waals surface area contributed by atoms with Crippen LogP contribution in [0.2, 0.25) is 0 Å². The second-order valence-corrected chi connectivity index (χ2v) is 4.87. The third-order valence-electron chi connectivity index (χ3n) is 3.50. The van der Waals surface area contributed by atoms with E-state index in [0.717, 1.165) is 24.2 Å². The van der Waals surface area contributed by atoms with Crippen LogP contribution in [0.3, 0.4) is 0 Å². The number of carboxylic acids is 1. The molecule has 5 nitrogen and oxygen atoms in total. The van der Waals surface area contributed by atoms with Crippen molar-refractivity contribution < 1.29 is 14.6 Å². The molecule has 1 aliphatic carbocycles. The summed E-state index contributed by atoms with van der Waals surface area (Å²) in [6.45, 7) is 1.31. The molecule has 1 heterocycles. The molecule has 0 unspecified atom stereocenters. The molecule has 0 radical (unpaired) electrons. The zero-order valence-electron chi connectivity index (χ0n) is 10.8. The number of imidazole rings is 1. The van der Waals surface area contributed by atoms with Crippen molar-refractivity contribution in [3.05, 3.63) is 29.6 Å². The van der Waals surface area contributed by atoms with Crippen LogP contribution < -0.4 is 0 Å². The van der Waals surface area contributed by atoms with E-state index in [9.17, 15) is 9.90 Å². The van der Waals surface area contributed by atoms with Gasteiger partial charge in [-0.05, 0) is 25.0 Å². The summed E-state index contributed by atoms with van der Waals surface area (Å²) in [6.07, 6.45) is 2.28. The highest BCUT2D eigenvalue weighted by molar-refractivity contribution is 6.01. The molecule has 0 saturated heterocycles. The normalized spacial score (nSPS) is 15.0. The van der Waals surface area contributed by atoms with Crippen LogP contribution in [0.15, 0.2) is 18.2 Å². The van der Waals surface area contributed by atoms with Gasteiger partial charge >= 0.3 is 5.97 Å². The van der Waals surface area contributed by atoms with Crippen LogP contribution in [-0.2, 0) is 11.3 Å². The molecule has 0 amide bonds. The molecular weight excluding hydrogens is 244 g/mol. The van der Waals surface area contributed by atoms with Gasteiger partial charge in [0.25, 0.3) is 0 Å². The molecule has 1 fully saturated rings. The number of fused-ring (bicyclic) bond motifs is 1. The summed E-state index contributed by atoms with van der Waals surface area (Å²) in [4.78, 5) is 15.8. The predicted molar refractivity (Wildman–Crippen MR) is 70.5 cm³/mol. The van der Waals surface area contributed by atoms with Gasteiger partial charge in [0.05, 0.1) is 17.7 Å². The molecule has 1 aromatic carbocycles. The highest BCUT2D eigenvalue weighted by Crippen LogP contribution is 2.41. The second-order valence-electron chi connectivity index (χ2n) is 4.87. The summed E-state index contributed by atoms with van der Waals surface area (Å²) >= 11 is 0. The highest BCUT2D eigenvalue weighted by Gasteiger charge is 2.30. The quantitative estimate of drug-likeness (QED) is 0.895. The number of hydrogen-bond acceptors (Lipinski definition) is 3. The van der Waals surface area contributed by atoms with Crippen molar-refractivity contribution in [3.8, 4) is 0 Å². The van der Waals surface area contributed by atoms with Crippen LogP contribution in [0.25, 0.3) is 11.0 Å². The third kappa shape index (κ3) is 2.10. The highest BCUT2D eigenvalue weighted by atomic mass is 16.5. The third-order valence-corrected chi connectivity index (χ3v) is 3.50. The maximum absolute atomic E-state index is 11.3. The number of hydrogen-bond donors (Lipinski definition) is 1. The van der Waals surface area contributed by atoms with Crippen molar-refractivity contribution in [1.29, 1.82) is 0 Å². The summed E-state index contributed by atoms with van der Waals surface area (Å²) < 4.78 is 7.23. The van der Waals surface area contributed by atoms with E-state index in [0.29, 0.717) is 24.6 Å². The van der Waals surface area contributed by atoms with Crippen LogP contribution in [-0.4, -0.2) is 34.3 Å². The SMILES string of the molecule is COCCn1c(C2CC2)nc2c(C(=O)O)cccc21. The lowest BCUT2D eigenvalue weighted by Crippen LogP contribution is -2.07. The monoisotopic (exact) mass is 260 g/mol. The topological polar surface area (TPSA) is 64.4 Å². The van der Waals surface area contributed by atoms with Gasteiger partial charge in [0.15, 0.2) is 0 Å². The number of ether oxygens (including phenoxy) is 1. The van der Waals surface area contributed by atoms with Gasteiger partial charge in [-0.1, -0.05) is 6.07 Å². The Balaban J connectivity index is 2.17. The Bertz CT molecular complexity index is 629. The summed E-state index contributed by atoms with van der Waals surface area (Å²) in [5, 5.41) is 9.24. The molecule has 1 aliphatic rings. The van der Waals surface area contributed by atoms with Gasteiger partial charge in [-0.3, -0.25) is 0 Å². The molecule has 2 aromatic rings. The molecule has 5 heteroatoms. The number of methoxy groups -OCH3 is 1. The molecule has 1 saturated carbocycles. The maximum atomic E-state index is 11.3. The van der Waals surface area contributed by atoms with E-state index in [1.807, 2.05) is 6.07 Å². The van der Waals surface area contributed by atoms with Gasteiger partial charge in [-0.15, -0.1) is 0 Å². The van der Waals surface area contributed by atoms with Crippen molar-refractivity contribution in [1.82, 2.24) is 9.55 Å². The Morgan fingerprint density at radius 2 is 2.32 bits per heavy atom. The number of carboxylic acid groups (broad SMARTS) is 1. The fourth-order valence-electron chi connectivity index (χ4n) is 2.41. The van der Waals surface area contributed by atoms with Crippen LogP contribution in [0, 0.1) is 0 Å². The smallest absolute Gasteiger partial charge is 0.337 e. The largest absolute Gasteiger partial charge is 0.478 e. The fourth-order valence-corrected chi connectivity index (χ4v) is 2.41. The maximum Gasteiger partial charge on any atom is 0.337 e. The van der Waals surface area contributed by atoms with Gasteiger partial charge in [0.1, 0.15) is 11.3 Å². The predicted octanol–water partition coefficient (Wildman–Crippen LogP) is 2.26. The Hall–Kier alpha value is -1.88. The minimum absolute atomic E-state index is 0.274. The Morgan fingerprint density at radius 3 is 2.95 bits per heavy atom. The van der Waals surface area contributed by atoms with Crippen molar-refractivity contribution in [2.45, 2.75) is 25.3 Å². The number of aromatic carboxylic acids is 1. The average molecular weight is 260 g/mol. The number of carbonyl (C=O) groups is 1. The molecule has 1 N–H and O–H groups in total. The first kappa shape index (κ1) is 12.2. The average Bonchev–Trinajstić information content (AvgIpc) is 3.17. The molecular formula is C14H16N2O3. The molecule has 0 aliphatic heterocycles. The summed E-state index contributed by atoms with van der Waals surface area (Å²) in [6, 6.07) is 5.30. The lowest BCUT2D eigenvalue weighted by molar-refractivity contribution is 0.0699. The molecule has 100 valence electrons. The van der Waals surface area contributed by atoms with E-state index in [4.69, 9.17) is 4.74 Å². The molecule has 0 spiro atoms. The first-order valence-electron chi connectivity index (χ1n) is 6.43. The van der Waals surface area contributed by atoms with Crippen LogP contribution in [0.1, 0.15) is 34.9 Å². The number of nitrogens with zero attached hydrogens (tertiary/aromatic N) is 2. The minimum atomic E-state index is -0.927. The minimum Gasteiger partial charge on any atom is -0.478 e. The fraction of sp³-hybridized carbons (Fsp3) is 0.429. The lowest BCUT2D eigenvalue weighted by atomic mass is 10.2. The van der Waals surface area contributed by atoms with E-state index in [1.165, 1.54) is 0 Å². The lowest BCUT2D eigenvalue weighted by Gasteiger charge is -2.07. The van der Waals surface area contributed by atoms with Crippen molar-refractivity contribution in [3.63, 3.8) is 0 Å². The van der Waals surface area contributed by atoms with Crippen molar-refractivity contribution >= 4 is 17.0 Å². The first-order chi connectivity index (χ1) is 9.22. The van der Waals surface area contributed by atoms with E-state index in [1.54, 1.807) is 19.2 Å². The van der Waals surface area contributed by atoms with E-state index >= 15 is 0 Å². The molecule has 19 heavy (non-hydrogen) atoms. The van der Waals surface area contributed by atoms with Crippen LogP contribution >= 0.6 is 0 Å². The number of benzene rings is 1. The zero-order chi connectivity index (χ0) is 13.4. The molecule has 0 bridgehead atoms. The first-order valence-corrected chi connectivity index (χ1v) is 6.43. The van der Waals surface area contributed by atoms with Crippen molar-refractivity contribution in [2.24, 2.45) is 0 Å².